The monoisotopic (exact) mass is 262 g/mol. The van der Waals surface area contributed by atoms with Gasteiger partial charge in [-0.25, -0.2) is 4.98 Å². The first kappa shape index (κ1) is 12.7. The van der Waals surface area contributed by atoms with Crippen molar-refractivity contribution in [3.8, 4) is 0 Å². The summed E-state index contributed by atoms with van der Waals surface area (Å²) in [5.41, 5.74) is 6.07. The van der Waals surface area contributed by atoms with Crippen LogP contribution in [0.5, 0.6) is 0 Å². The maximum absolute atomic E-state index is 11.6. The minimum absolute atomic E-state index is 0.0626. The molecule has 2 saturated carbocycles. The van der Waals surface area contributed by atoms with Crippen LogP contribution in [0.1, 0.15) is 50.3 Å². The van der Waals surface area contributed by atoms with Crippen LogP contribution in [0.3, 0.4) is 0 Å². The van der Waals surface area contributed by atoms with Gasteiger partial charge in [0, 0.05) is 24.6 Å². The predicted octanol–water partition coefficient (Wildman–Crippen LogP) is 1.58. The lowest BCUT2D eigenvalue weighted by Gasteiger charge is -2.28. The summed E-state index contributed by atoms with van der Waals surface area (Å²) in [6.45, 7) is 0.821. The fraction of sp³-hybridized carbons (Fsp3) is 0.714. The van der Waals surface area contributed by atoms with Crippen LogP contribution in [0.15, 0.2) is 10.9 Å². The number of nitrogens with two attached hydrogens (primary N) is 1. The van der Waals surface area contributed by atoms with E-state index in [9.17, 15) is 4.79 Å². The van der Waals surface area contributed by atoms with Crippen molar-refractivity contribution in [1.82, 2.24) is 9.97 Å². The minimum Gasteiger partial charge on any atom is -0.370 e. The zero-order chi connectivity index (χ0) is 13.2. The van der Waals surface area contributed by atoms with E-state index in [4.69, 9.17) is 5.73 Å². The van der Waals surface area contributed by atoms with Crippen molar-refractivity contribution >= 4 is 5.82 Å². The van der Waals surface area contributed by atoms with Crippen molar-refractivity contribution < 1.29 is 0 Å². The van der Waals surface area contributed by atoms with E-state index >= 15 is 0 Å². The fourth-order valence-corrected chi connectivity index (χ4v) is 2.84. The summed E-state index contributed by atoms with van der Waals surface area (Å²) in [5.74, 6) is 2.50. The molecule has 2 aliphatic rings. The van der Waals surface area contributed by atoms with Gasteiger partial charge in [-0.15, -0.1) is 0 Å². The summed E-state index contributed by atoms with van der Waals surface area (Å²) >= 11 is 0. The number of aromatic amines is 1. The predicted molar refractivity (Wildman–Crippen MR) is 75.3 cm³/mol. The Morgan fingerprint density at radius 2 is 2.11 bits per heavy atom. The van der Waals surface area contributed by atoms with Gasteiger partial charge in [-0.1, -0.05) is 12.8 Å². The molecular formula is C14H22N4O. The van der Waals surface area contributed by atoms with Crippen molar-refractivity contribution in [2.75, 3.05) is 11.9 Å². The van der Waals surface area contributed by atoms with E-state index in [1.807, 2.05) is 0 Å². The lowest BCUT2D eigenvalue weighted by Crippen LogP contribution is -2.37. The first-order chi connectivity index (χ1) is 9.22. The molecule has 5 heteroatoms. The normalized spacial score (nSPS) is 27.2. The molecule has 0 aromatic carbocycles. The van der Waals surface area contributed by atoms with Gasteiger partial charge in [0.05, 0.1) is 0 Å². The van der Waals surface area contributed by atoms with Gasteiger partial charge < -0.3 is 16.0 Å². The van der Waals surface area contributed by atoms with Crippen molar-refractivity contribution in [2.45, 2.75) is 50.5 Å². The Morgan fingerprint density at radius 1 is 1.32 bits per heavy atom. The Hall–Kier alpha value is -1.36. The maximum Gasteiger partial charge on any atom is 0.252 e. The summed E-state index contributed by atoms with van der Waals surface area (Å²) in [4.78, 5) is 18.9. The molecule has 5 nitrogen and oxygen atoms in total. The van der Waals surface area contributed by atoms with Crippen molar-refractivity contribution in [2.24, 2.45) is 11.7 Å². The van der Waals surface area contributed by atoms with E-state index in [0.29, 0.717) is 17.7 Å². The third kappa shape index (κ3) is 3.15. The summed E-state index contributed by atoms with van der Waals surface area (Å²) in [5, 5.41) is 3.30. The second-order valence-corrected chi connectivity index (χ2v) is 5.88. The molecule has 1 aromatic rings. The van der Waals surface area contributed by atoms with Crippen molar-refractivity contribution in [3.05, 3.63) is 22.2 Å². The number of hydrogen-bond acceptors (Lipinski definition) is 4. The molecule has 0 radical (unpaired) electrons. The number of aromatic nitrogens is 2. The SMILES string of the molecule is NC1CCCCC1CNc1cc(=O)[nH]c(C2CC2)n1. The van der Waals surface area contributed by atoms with Crippen LogP contribution in [-0.4, -0.2) is 22.6 Å². The standard InChI is InChI=1S/C14H22N4O/c15-11-4-2-1-3-10(11)8-16-12-7-13(19)18-14(17-12)9-5-6-9/h7,9-11H,1-6,8,15H2,(H2,16,17,18,19). The molecule has 0 spiro atoms. The summed E-state index contributed by atoms with van der Waals surface area (Å²) in [6, 6.07) is 1.83. The molecule has 0 saturated heterocycles. The smallest absolute Gasteiger partial charge is 0.252 e. The van der Waals surface area contributed by atoms with E-state index in [-0.39, 0.29) is 11.6 Å². The highest BCUT2D eigenvalue weighted by Gasteiger charge is 2.26. The van der Waals surface area contributed by atoms with E-state index in [2.05, 4.69) is 15.3 Å². The Balaban J connectivity index is 1.64. The van der Waals surface area contributed by atoms with Crippen LogP contribution in [0, 0.1) is 5.92 Å². The number of anilines is 1. The van der Waals surface area contributed by atoms with Gasteiger partial charge in [-0.05, 0) is 31.6 Å². The molecule has 0 bridgehead atoms. The third-order valence-electron chi connectivity index (χ3n) is 4.24. The van der Waals surface area contributed by atoms with Crippen molar-refractivity contribution in [1.29, 1.82) is 0 Å². The van der Waals surface area contributed by atoms with Gasteiger partial charge in [0.25, 0.3) is 5.56 Å². The highest BCUT2D eigenvalue weighted by molar-refractivity contribution is 5.34. The first-order valence-electron chi connectivity index (χ1n) is 7.33. The Labute approximate surface area is 113 Å². The van der Waals surface area contributed by atoms with Crippen LogP contribution in [0.2, 0.25) is 0 Å². The maximum atomic E-state index is 11.6. The Kier molecular flexibility index (Phi) is 3.55. The number of H-pyrrole nitrogens is 1. The number of nitrogens with zero attached hydrogens (tertiary/aromatic N) is 1. The Bertz CT molecular complexity index is 494. The molecule has 104 valence electrons. The fourth-order valence-electron chi connectivity index (χ4n) is 2.84. The molecule has 2 fully saturated rings. The van der Waals surface area contributed by atoms with Crippen LogP contribution < -0.4 is 16.6 Å². The molecule has 2 aliphatic carbocycles. The van der Waals surface area contributed by atoms with Gasteiger partial charge in [0.15, 0.2) is 0 Å². The molecule has 1 heterocycles. The minimum atomic E-state index is -0.0626. The van der Waals surface area contributed by atoms with Gasteiger partial charge in [0.2, 0.25) is 0 Å². The average Bonchev–Trinajstić information content (AvgIpc) is 3.21. The highest BCUT2D eigenvalue weighted by atomic mass is 16.1. The Morgan fingerprint density at radius 3 is 2.84 bits per heavy atom. The van der Waals surface area contributed by atoms with Crippen LogP contribution in [-0.2, 0) is 0 Å². The molecule has 0 aliphatic heterocycles. The molecule has 2 atom stereocenters. The second-order valence-electron chi connectivity index (χ2n) is 5.88. The first-order valence-corrected chi connectivity index (χ1v) is 7.33. The van der Waals surface area contributed by atoms with Crippen LogP contribution in [0.25, 0.3) is 0 Å². The zero-order valence-electron chi connectivity index (χ0n) is 11.2. The van der Waals surface area contributed by atoms with Crippen molar-refractivity contribution in [3.63, 3.8) is 0 Å². The number of hydrogen-bond donors (Lipinski definition) is 3. The molecule has 19 heavy (non-hydrogen) atoms. The van der Waals surface area contributed by atoms with Gasteiger partial charge in [-0.2, -0.15) is 0 Å². The van der Waals surface area contributed by atoms with E-state index < -0.39 is 0 Å². The summed E-state index contributed by atoms with van der Waals surface area (Å²) < 4.78 is 0. The van der Waals surface area contributed by atoms with E-state index in [1.165, 1.54) is 19.3 Å². The number of nitrogens with one attached hydrogen (secondary N) is 2. The lowest BCUT2D eigenvalue weighted by molar-refractivity contribution is 0.321. The van der Waals surface area contributed by atoms with Gasteiger partial charge >= 0.3 is 0 Å². The molecule has 1 aromatic heterocycles. The molecule has 4 N–H and O–H groups in total. The molecular weight excluding hydrogens is 240 g/mol. The highest BCUT2D eigenvalue weighted by Crippen LogP contribution is 2.37. The summed E-state index contributed by atoms with van der Waals surface area (Å²) in [6.07, 6.45) is 7.07. The van der Waals surface area contributed by atoms with Gasteiger partial charge in [-0.3, -0.25) is 4.79 Å². The summed E-state index contributed by atoms with van der Waals surface area (Å²) in [7, 11) is 0. The molecule has 2 unspecified atom stereocenters. The molecule has 3 rings (SSSR count). The van der Waals surface area contributed by atoms with Gasteiger partial charge in [0.1, 0.15) is 11.6 Å². The average molecular weight is 262 g/mol. The number of rotatable bonds is 4. The third-order valence-corrected chi connectivity index (χ3v) is 4.24. The van der Waals surface area contributed by atoms with Crippen LogP contribution >= 0.6 is 0 Å². The second kappa shape index (κ2) is 5.33. The molecule has 0 amide bonds. The van der Waals surface area contributed by atoms with Crippen LogP contribution in [0.4, 0.5) is 5.82 Å². The lowest BCUT2D eigenvalue weighted by atomic mass is 9.85. The van der Waals surface area contributed by atoms with E-state index in [0.717, 1.165) is 31.6 Å². The van der Waals surface area contributed by atoms with E-state index in [1.54, 1.807) is 6.07 Å². The quantitative estimate of drug-likeness (QED) is 0.769. The largest absolute Gasteiger partial charge is 0.370 e. The topological polar surface area (TPSA) is 83.8 Å². The zero-order valence-corrected chi connectivity index (χ0v) is 11.2.